The Kier molecular flexibility index (Phi) is 22.8. The zero-order valence-electron chi connectivity index (χ0n) is 14.2. The minimum absolute atomic E-state index is 0. The summed E-state index contributed by atoms with van der Waals surface area (Å²) < 4.78 is 0. The number of unbranched alkanes of at least 4 members (excludes halogenated alkanes) is 9. The van der Waals surface area contributed by atoms with Gasteiger partial charge in [-0.05, 0) is 17.7 Å². The molecule has 1 rings (SSSR count). The number of hydrogen-bond donors (Lipinski definition) is 1. The number of thiol groups is 1. The second-order valence-electron chi connectivity index (χ2n) is 5.52. The molecule has 0 unspecified atom stereocenters. The van der Waals surface area contributed by atoms with Crippen molar-refractivity contribution >= 4 is 18.7 Å². The number of benzene rings is 1. The maximum absolute atomic E-state index is 4.20. The van der Waals surface area contributed by atoms with Crippen LogP contribution in [0.5, 0.6) is 0 Å². The SMILES string of the molecule is C=Cc1ccccc1.CCCCCCCCCCCCS.[Co]. The van der Waals surface area contributed by atoms with E-state index in [2.05, 4.69) is 26.1 Å². The molecule has 0 N–H and O–H groups in total. The van der Waals surface area contributed by atoms with Gasteiger partial charge in [-0.2, -0.15) is 12.6 Å². The van der Waals surface area contributed by atoms with Gasteiger partial charge in [-0.15, -0.1) is 0 Å². The second-order valence-corrected chi connectivity index (χ2v) is 5.97. The van der Waals surface area contributed by atoms with Crippen molar-refractivity contribution in [2.24, 2.45) is 0 Å². The van der Waals surface area contributed by atoms with Crippen LogP contribution >= 0.6 is 12.6 Å². The quantitative estimate of drug-likeness (QED) is 0.312. The Balaban J connectivity index is 0. The molecule has 2 heteroatoms. The molecule has 0 amide bonds. The van der Waals surface area contributed by atoms with E-state index in [-0.39, 0.29) is 16.8 Å². The molecule has 0 aromatic heterocycles. The van der Waals surface area contributed by atoms with Crippen LogP contribution < -0.4 is 0 Å². The van der Waals surface area contributed by atoms with Crippen LogP contribution in [-0.4, -0.2) is 5.75 Å². The summed E-state index contributed by atoms with van der Waals surface area (Å²) in [4.78, 5) is 0. The van der Waals surface area contributed by atoms with Crippen LogP contribution in [0, 0.1) is 0 Å². The van der Waals surface area contributed by atoms with Gasteiger partial charge in [0.2, 0.25) is 0 Å². The molecule has 0 saturated carbocycles. The Morgan fingerprint density at radius 2 is 1.27 bits per heavy atom. The van der Waals surface area contributed by atoms with Crippen LogP contribution in [0.15, 0.2) is 36.9 Å². The van der Waals surface area contributed by atoms with Crippen molar-refractivity contribution in [2.45, 2.75) is 71.1 Å². The van der Waals surface area contributed by atoms with Crippen molar-refractivity contribution in [1.29, 1.82) is 0 Å². The summed E-state index contributed by atoms with van der Waals surface area (Å²) in [5.41, 5.74) is 1.17. The normalized spacial score (nSPS) is 9.36. The minimum atomic E-state index is 0. The molecule has 1 radical (unpaired) electrons. The zero-order valence-corrected chi connectivity index (χ0v) is 16.2. The van der Waals surface area contributed by atoms with E-state index < -0.39 is 0 Å². The van der Waals surface area contributed by atoms with E-state index in [1.165, 1.54) is 69.8 Å². The molecule has 1 aromatic carbocycles. The average molecular weight is 365 g/mol. The smallest absolute Gasteiger partial charge is 0 e. The average Bonchev–Trinajstić information content (AvgIpc) is 2.55. The van der Waals surface area contributed by atoms with Gasteiger partial charge < -0.3 is 0 Å². The van der Waals surface area contributed by atoms with Gasteiger partial charge >= 0.3 is 0 Å². The zero-order chi connectivity index (χ0) is 15.6. The van der Waals surface area contributed by atoms with Gasteiger partial charge in [0.05, 0.1) is 0 Å². The Morgan fingerprint density at radius 3 is 1.64 bits per heavy atom. The third-order valence-electron chi connectivity index (χ3n) is 3.55. The van der Waals surface area contributed by atoms with E-state index in [4.69, 9.17) is 0 Å². The topological polar surface area (TPSA) is 0 Å². The first-order valence-electron chi connectivity index (χ1n) is 8.63. The van der Waals surface area contributed by atoms with Gasteiger partial charge in [-0.25, -0.2) is 0 Å². The maximum atomic E-state index is 4.20. The van der Waals surface area contributed by atoms with Crippen LogP contribution in [0.4, 0.5) is 0 Å². The fourth-order valence-electron chi connectivity index (χ4n) is 2.19. The van der Waals surface area contributed by atoms with Gasteiger partial charge in [0.25, 0.3) is 0 Å². The van der Waals surface area contributed by atoms with Crippen molar-refractivity contribution in [2.75, 3.05) is 5.75 Å². The van der Waals surface area contributed by atoms with E-state index >= 15 is 0 Å². The van der Waals surface area contributed by atoms with Crippen molar-refractivity contribution in [3.8, 4) is 0 Å². The summed E-state index contributed by atoms with van der Waals surface area (Å²) in [5.74, 6) is 1.07. The minimum Gasteiger partial charge on any atom is -0.179 e. The van der Waals surface area contributed by atoms with Crippen LogP contribution in [0.25, 0.3) is 6.08 Å². The van der Waals surface area contributed by atoms with Gasteiger partial charge in [-0.3, -0.25) is 0 Å². The molecule has 0 aliphatic rings. The molecule has 0 aliphatic carbocycles. The third kappa shape index (κ3) is 17.9. The van der Waals surface area contributed by atoms with Crippen LogP contribution in [0.2, 0.25) is 0 Å². The van der Waals surface area contributed by atoms with Gasteiger partial charge in [0, 0.05) is 16.8 Å². The Bertz CT molecular complexity index is 301. The summed E-state index contributed by atoms with van der Waals surface area (Å²) in [6.45, 7) is 5.91. The van der Waals surface area contributed by atoms with E-state index in [0.717, 1.165) is 5.75 Å². The van der Waals surface area contributed by atoms with Crippen LogP contribution in [-0.2, 0) is 16.8 Å². The first-order valence-corrected chi connectivity index (χ1v) is 9.26. The molecular formula is C20H34CoS. The van der Waals surface area contributed by atoms with Gasteiger partial charge in [0.15, 0.2) is 0 Å². The predicted molar refractivity (Wildman–Crippen MR) is 102 cm³/mol. The summed E-state index contributed by atoms with van der Waals surface area (Å²) in [7, 11) is 0. The number of rotatable bonds is 11. The van der Waals surface area contributed by atoms with Gasteiger partial charge in [0.1, 0.15) is 0 Å². The molecule has 0 saturated heterocycles. The van der Waals surface area contributed by atoms with Crippen molar-refractivity contribution in [1.82, 2.24) is 0 Å². The Hall–Kier alpha value is -0.184. The van der Waals surface area contributed by atoms with E-state index in [9.17, 15) is 0 Å². The molecule has 1 aromatic rings. The standard InChI is InChI=1S/C12H26S.C8H8.Co/c1-2-3-4-5-6-7-8-9-10-11-12-13;1-2-8-6-4-3-5-7-8;/h13H,2-12H2,1H3;2-7H,1H2;. The second kappa shape index (κ2) is 20.8. The largest absolute Gasteiger partial charge is 0.179 e. The third-order valence-corrected chi connectivity index (χ3v) is 3.86. The van der Waals surface area contributed by atoms with Crippen LogP contribution in [0.3, 0.4) is 0 Å². The molecule has 0 heterocycles. The van der Waals surface area contributed by atoms with Gasteiger partial charge in [-0.1, -0.05) is 108 Å². The fourth-order valence-corrected chi connectivity index (χ4v) is 2.41. The fraction of sp³-hybridized carbons (Fsp3) is 0.600. The van der Waals surface area contributed by atoms with Crippen LogP contribution in [0.1, 0.15) is 76.7 Å². The van der Waals surface area contributed by atoms with E-state index in [1.54, 1.807) is 0 Å². The van der Waals surface area contributed by atoms with Crippen molar-refractivity contribution in [3.63, 3.8) is 0 Å². The summed E-state index contributed by atoms with van der Waals surface area (Å²) >= 11 is 4.20. The summed E-state index contributed by atoms with van der Waals surface area (Å²) in [6, 6.07) is 10.0. The molecule has 22 heavy (non-hydrogen) atoms. The molecule has 0 aliphatic heterocycles. The molecular weight excluding hydrogens is 331 g/mol. The first kappa shape index (κ1) is 24.1. The predicted octanol–water partition coefficient (Wildman–Crippen LogP) is 7.16. The molecule has 0 nitrogen and oxygen atoms in total. The molecule has 0 fully saturated rings. The Labute approximate surface area is 154 Å². The molecule has 0 bridgehead atoms. The first-order chi connectivity index (χ1) is 10.3. The summed E-state index contributed by atoms with van der Waals surface area (Å²) in [5, 5.41) is 0. The molecule has 0 atom stereocenters. The van der Waals surface area contributed by atoms with E-state index in [1.807, 2.05) is 36.4 Å². The Morgan fingerprint density at radius 1 is 0.818 bits per heavy atom. The molecule has 0 spiro atoms. The summed E-state index contributed by atoms with van der Waals surface area (Å²) in [6.07, 6.45) is 16.0. The van der Waals surface area contributed by atoms with Crippen molar-refractivity contribution in [3.05, 3.63) is 42.5 Å². The maximum Gasteiger partial charge on any atom is 0 e. The number of hydrogen-bond acceptors (Lipinski definition) is 1. The van der Waals surface area contributed by atoms with E-state index in [0.29, 0.717) is 0 Å². The van der Waals surface area contributed by atoms with Crippen molar-refractivity contribution < 1.29 is 16.8 Å². The molecule has 129 valence electrons. The monoisotopic (exact) mass is 365 g/mol.